The molecule has 0 atom stereocenters. The van der Waals surface area contributed by atoms with E-state index in [9.17, 15) is 9.59 Å². The van der Waals surface area contributed by atoms with Crippen LogP contribution in [0.5, 0.6) is 0 Å². The number of aromatic amines is 1. The van der Waals surface area contributed by atoms with Crippen molar-refractivity contribution in [3.8, 4) is 28.2 Å². The zero-order chi connectivity index (χ0) is 31.0. The summed E-state index contributed by atoms with van der Waals surface area (Å²) in [6, 6.07) is 25.7. The molecule has 0 aliphatic heterocycles. The van der Waals surface area contributed by atoms with Crippen LogP contribution in [0.1, 0.15) is 46.0 Å². The largest absolute Gasteiger partial charge is 0.337 e. The third kappa shape index (κ3) is 5.62. The fourth-order valence-corrected chi connectivity index (χ4v) is 5.58. The predicted octanol–water partition coefficient (Wildman–Crippen LogP) is 5.49. The molecular formula is C34H36N8O2. The first-order valence-electron chi connectivity index (χ1n) is 14.8. The number of imidazole rings is 1. The van der Waals surface area contributed by atoms with Gasteiger partial charge in [-0.15, -0.1) is 5.10 Å². The van der Waals surface area contributed by atoms with Crippen molar-refractivity contribution in [2.75, 3.05) is 0 Å². The maximum Gasteiger partial charge on any atom is 0.337 e. The number of hydrogen-bond donors (Lipinski definition) is 1. The Morgan fingerprint density at radius 1 is 0.841 bits per heavy atom. The van der Waals surface area contributed by atoms with Crippen molar-refractivity contribution in [3.63, 3.8) is 0 Å². The van der Waals surface area contributed by atoms with E-state index < -0.39 is 0 Å². The standard InChI is InChI=1S/C34H36N8O2/c1-22(2)20-41-32(43)29-31(42(33(41)44)25-11-7-6-8-12-25)35-28(19-34(3,4)5)40(29)21-23-15-17-24(18-16-23)26-13-9-10-14-27(26)30-36-38-39-37-30/h6-18,22H,19-21H2,1-5H3,(H,36,37,38,39). The van der Waals surface area contributed by atoms with Crippen LogP contribution in [-0.4, -0.2) is 39.3 Å². The Balaban J connectivity index is 1.51. The van der Waals surface area contributed by atoms with Gasteiger partial charge in [0.25, 0.3) is 5.56 Å². The van der Waals surface area contributed by atoms with Crippen molar-refractivity contribution in [1.29, 1.82) is 0 Å². The summed E-state index contributed by atoms with van der Waals surface area (Å²) in [4.78, 5) is 33.0. The van der Waals surface area contributed by atoms with E-state index in [1.54, 1.807) is 4.57 Å². The van der Waals surface area contributed by atoms with E-state index in [1.807, 2.05) is 73.0 Å². The summed E-state index contributed by atoms with van der Waals surface area (Å²) in [5, 5.41) is 14.4. The number of nitrogens with zero attached hydrogens (tertiary/aromatic N) is 7. The van der Waals surface area contributed by atoms with Crippen LogP contribution in [0.15, 0.2) is 88.5 Å². The van der Waals surface area contributed by atoms with E-state index in [0.29, 0.717) is 42.2 Å². The highest BCUT2D eigenvalue weighted by molar-refractivity contribution is 5.80. The van der Waals surface area contributed by atoms with E-state index in [-0.39, 0.29) is 22.6 Å². The Labute approximate surface area is 255 Å². The van der Waals surface area contributed by atoms with Crippen LogP contribution in [0, 0.1) is 11.3 Å². The second-order valence-electron chi connectivity index (χ2n) is 12.8. The summed E-state index contributed by atoms with van der Waals surface area (Å²) in [6.07, 6.45) is 0.630. The average Bonchev–Trinajstić information content (AvgIpc) is 3.64. The van der Waals surface area contributed by atoms with Crippen molar-refractivity contribution >= 4 is 11.2 Å². The lowest BCUT2D eigenvalue weighted by molar-refractivity contribution is 0.394. The van der Waals surface area contributed by atoms with Crippen molar-refractivity contribution in [2.45, 2.75) is 54.1 Å². The van der Waals surface area contributed by atoms with Crippen molar-refractivity contribution < 1.29 is 0 Å². The summed E-state index contributed by atoms with van der Waals surface area (Å²) in [6.45, 7) is 11.2. The van der Waals surface area contributed by atoms with Crippen LogP contribution in [0.4, 0.5) is 0 Å². The predicted molar refractivity (Wildman–Crippen MR) is 172 cm³/mol. The third-order valence-electron chi connectivity index (χ3n) is 7.49. The fourth-order valence-electron chi connectivity index (χ4n) is 5.58. The van der Waals surface area contributed by atoms with Gasteiger partial charge in [0, 0.05) is 25.1 Å². The zero-order valence-electron chi connectivity index (χ0n) is 25.7. The minimum absolute atomic E-state index is 0.100. The van der Waals surface area contributed by atoms with Gasteiger partial charge in [-0.25, -0.2) is 19.4 Å². The highest BCUT2D eigenvalue weighted by Crippen LogP contribution is 2.30. The molecule has 6 aromatic rings. The van der Waals surface area contributed by atoms with Crippen molar-refractivity contribution in [1.82, 2.24) is 39.3 Å². The number of tetrazole rings is 1. The zero-order valence-corrected chi connectivity index (χ0v) is 25.7. The van der Waals surface area contributed by atoms with Gasteiger partial charge in [0.2, 0.25) is 0 Å². The van der Waals surface area contributed by atoms with Gasteiger partial charge in [0.05, 0.1) is 5.69 Å². The quantitative estimate of drug-likeness (QED) is 0.251. The molecule has 3 aromatic carbocycles. The Kier molecular flexibility index (Phi) is 7.59. The summed E-state index contributed by atoms with van der Waals surface area (Å²) >= 11 is 0. The molecule has 0 bridgehead atoms. The summed E-state index contributed by atoms with van der Waals surface area (Å²) in [7, 11) is 0. The molecular weight excluding hydrogens is 552 g/mol. The number of nitrogens with one attached hydrogen (secondary N) is 1. The Bertz CT molecular complexity index is 2030. The number of hydrogen-bond acceptors (Lipinski definition) is 6. The second kappa shape index (κ2) is 11.5. The minimum atomic E-state index is -0.376. The molecule has 224 valence electrons. The van der Waals surface area contributed by atoms with Crippen LogP contribution in [0.2, 0.25) is 0 Å². The van der Waals surface area contributed by atoms with Gasteiger partial charge < -0.3 is 4.57 Å². The molecule has 3 aromatic heterocycles. The lowest BCUT2D eigenvalue weighted by atomic mass is 9.92. The average molecular weight is 589 g/mol. The fraction of sp³-hybridized carbons (Fsp3) is 0.294. The van der Waals surface area contributed by atoms with Crippen molar-refractivity contribution in [2.24, 2.45) is 11.3 Å². The van der Waals surface area contributed by atoms with Crippen LogP contribution >= 0.6 is 0 Å². The van der Waals surface area contributed by atoms with Gasteiger partial charge in [-0.2, -0.15) is 0 Å². The molecule has 0 saturated heterocycles. The van der Waals surface area contributed by atoms with E-state index in [4.69, 9.17) is 4.98 Å². The molecule has 0 spiro atoms. The van der Waals surface area contributed by atoms with Gasteiger partial charge in [-0.3, -0.25) is 9.36 Å². The maximum absolute atomic E-state index is 14.1. The first-order chi connectivity index (χ1) is 21.1. The SMILES string of the molecule is CC(C)Cn1c(=O)c2c(nc(CC(C)(C)C)n2Cc2ccc(-c3ccccc3-c3nnn[nH]3)cc2)n(-c2ccccc2)c1=O. The van der Waals surface area contributed by atoms with Crippen LogP contribution in [0.25, 0.3) is 39.4 Å². The molecule has 0 aliphatic carbocycles. The van der Waals surface area contributed by atoms with E-state index in [1.165, 1.54) is 4.57 Å². The number of H-pyrrole nitrogens is 1. The topological polar surface area (TPSA) is 116 Å². The number of para-hydroxylation sites is 1. The monoisotopic (exact) mass is 588 g/mol. The van der Waals surface area contributed by atoms with Crippen LogP contribution in [-0.2, 0) is 19.5 Å². The third-order valence-corrected chi connectivity index (χ3v) is 7.49. The van der Waals surface area contributed by atoms with Gasteiger partial charge in [-0.05, 0) is 50.6 Å². The van der Waals surface area contributed by atoms with Crippen LogP contribution in [0.3, 0.4) is 0 Å². The lowest BCUT2D eigenvalue weighted by Gasteiger charge is -2.19. The van der Waals surface area contributed by atoms with Gasteiger partial charge in [0.1, 0.15) is 5.82 Å². The van der Waals surface area contributed by atoms with Gasteiger partial charge in [0.15, 0.2) is 17.0 Å². The van der Waals surface area contributed by atoms with E-state index in [0.717, 1.165) is 28.1 Å². The smallest absolute Gasteiger partial charge is 0.318 e. The molecule has 10 heteroatoms. The van der Waals surface area contributed by atoms with Gasteiger partial charge >= 0.3 is 5.69 Å². The minimum Gasteiger partial charge on any atom is -0.318 e. The molecule has 10 nitrogen and oxygen atoms in total. The molecule has 0 amide bonds. The first kappa shape index (κ1) is 29.0. The Morgan fingerprint density at radius 3 is 2.16 bits per heavy atom. The van der Waals surface area contributed by atoms with E-state index >= 15 is 0 Å². The maximum atomic E-state index is 14.1. The molecule has 0 saturated carbocycles. The normalized spacial score (nSPS) is 12.0. The molecule has 44 heavy (non-hydrogen) atoms. The van der Waals surface area contributed by atoms with Crippen molar-refractivity contribution in [3.05, 3.63) is 111 Å². The Morgan fingerprint density at radius 2 is 1.52 bits per heavy atom. The second-order valence-corrected chi connectivity index (χ2v) is 12.8. The van der Waals surface area contributed by atoms with Gasteiger partial charge in [-0.1, -0.05) is 101 Å². The van der Waals surface area contributed by atoms with Crippen LogP contribution < -0.4 is 11.2 Å². The molecule has 6 rings (SSSR count). The number of fused-ring (bicyclic) bond motifs is 1. The highest BCUT2D eigenvalue weighted by atomic mass is 16.2. The first-order valence-corrected chi connectivity index (χ1v) is 14.8. The number of rotatable bonds is 8. The molecule has 0 aliphatic rings. The highest BCUT2D eigenvalue weighted by Gasteiger charge is 2.25. The number of aromatic nitrogens is 8. The lowest BCUT2D eigenvalue weighted by Crippen LogP contribution is -2.41. The summed E-state index contributed by atoms with van der Waals surface area (Å²) in [5.74, 6) is 1.47. The Hall–Kier alpha value is -5.12. The van der Waals surface area contributed by atoms with E-state index in [2.05, 4.69) is 65.7 Å². The summed E-state index contributed by atoms with van der Waals surface area (Å²) in [5.41, 5.74) is 4.64. The summed E-state index contributed by atoms with van der Waals surface area (Å²) < 4.78 is 4.94. The molecule has 0 radical (unpaired) electrons. The molecule has 1 N–H and O–H groups in total. The number of benzene rings is 3. The molecule has 0 fully saturated rings. The molecule has 3 heterocycles. The molecule has 0 unspecified atom stereocenters.